The summed E-state index contributed by atoms with van der Waals surface area (Å²) >= 11 is 0. The standard InChI is InChI=1S/C19H22FNO2/c1-2-3-4-5-14-23-18-12-10-17(11-13-18)21-19(22)15-6-8-16(20)9-7-15/h6-13H,2-5,14H2,1H3,(H,21,22). The van der Waals surface area contributed by atoms with Gasteiger partial charge in [0, 0.05) is 11.3 Å². The molecule has 4 heteroatoms. The molecule has 122 valence electrons. The highest BCUT2D eigenvalue weighted by atomic mass is 19.1. The van der Waals surface area contributed by atoms with E-state index in [2.05, 4.69) is 12.2 Å². The minimum absolute atomic E-state index is 0.266. The Hall–Kier alpha value is -2.36. The third kappa shape index (κ3) is 5.74. The lowest BCUT2D eigenvalue weighted by molar-refractivity contribution is 0.102. The maximum absolute atomic E-state index is 12.8. The molecule has 0 heterocycles. The Bertz CT molecular complexity index is 608. The zero-order valence-corrected chi connectivity index (χ0v) is 13.3. The van der Waals surface area contributed by atoms with Crippen LogP contribution in [0.25, 0.3) is 0 Å². The first-order chi connectivity index (χ1) is 11.2. The molecule has 3 nitrogen and oxygen atoms in total. The largest absolute Gasteiger partial charge is 0.494 e. The van der Waals surface area contributed by atoms with Crippen molar-refractivity contribution in [3.63, 3.8) is 0 Å². The number of carbonyl (C=O) groups excluding carboxylic acids is 1. The number of ether oxygens (including phenoxy) is 1. The van der Waals surface area contributed by atoms with Crippen molar-refractivity contribution < 1.29 is 13.9 Å². The van der Waals surface area contributed by atoms with Gasteiger partial charge in [0.2, 0.25) is 0 Å². The topological polar surface area (TPSA) is 38.3 Å². The van der Waals surface area contributed by atoms with Gasteiger partial charge in [-0.3, -0.25) is 4.79 Å². The number of amides is 1. The van der Waals surface area contributed by atoms with E-state index >= 15 is 0 Å². The predicted octanol–water partition coefficient (Wildman–Crippen LogP) is 5.04. The summed E-state index contributed by atoms with van der Waals surface area (Å²) in [5, 5.41) is 2.77. The second kappa shape index (κ2) is 8.93. The van der Waals surface area contributed by atoms with Crippen molar-refractivity contribution in [3.05, 3.63) is 59.9 Å². The van der Waals surface area contributed by atoms with Crippen LogP contribution < -0.4 is 10.1 Å². The van der Waals surface area contributed by atoms with Gasteiger partial charge in [0.1, 0.15) is 11.6 Å². The second-order valence-electron chi connectivity index (χ2n) is 5.39. The first-order valence-electron chi connectivity index (χ1n) is 7.99. The van der Waals surface area contributed by atoms with Gasteiger partial charge in [0.15, 0.2) is 0 Å². The summed E-state index contributed by atoms with van der Waals surface area (Å²) in [6.45, 7) is 2.89. The van der Waals surface area contributed by atoms with Gasteiger partial charge in [-0.25, -0.2) is 4.39 Å². The first-order valence-corrected chi connectivity index (χ1v) is 7.99. The summed E-state index contributed by atoms with van der Waals surface area (Å²) < 4.78 is 18.5. The van der Waals surface area contributed by atoms with Gasteiger partial charge in [-0.15, -0.1) is 0 Å². The Balaban J connectivity index is 1.82. The Morgan fingerprint density at radius 3 is 2.35 bits per heavy atom. The maximum atomic E-state index is 12.8. The molecule has 2 aromatic carbocycles. The lowest BCUT2D eigenvalue weighted by atomic mass is 10.2. The maximum Gasteiger partial charge on any atom is 0.255 e. The molecule has 2 rings (SSSR count). The Kier molecular flexibility index (Phi) is 6.60. The van der Waals surface area contributed by atoms with Gasteiger partial charge in [-0.1, -0.05) is 26.2 Å². The summed E-state index contributed by atoms with van der Waals surface area (Å²) in [6, 6.07) is 12.7. The summed E-state index contributed by atoms with van der Waals surface area (Å²) in [4.78, 5) is 12.0. The molecule has 0 saturated heterocycles. The fourth-order valence-electron chi connectivity index (χ4n) is 2.16. The van der Waals surface area contributed by atoms with E-state index in [1.807, 2.05) is 12.1 Å². The molecule has 0 aliphatic rings. The summed E-state index contributed by atoms with van der Waals surface area (Å²) in [7, 11) is 0. The van der Waals surface area contributed by atoms with E-state index in [1.54, 1.807) is 12.1 Å². The van der Waals surface area contributed by atoms with E-state index in [0.29, 0.717) is 17.9 Å². The lowest BCUT2D eigenvalue weighted by Crippen LogP contribution is -2.11. The smallest absolute Gasteiger partial charge is 0.255 e. The summed E-state index contributed by atoms with van der Waals surface area (Å²) in [5.74, 6) is 0.168. The number of carbonyl (C=O) groups is 1. The highest BCUT2D eigenvalue weighted by molar-refractivity contribution is 6.04. The second-order valence-corrected chi connectivity index (χ2v) is 5.39. The Morgan fingerprint density at radius 2 is 1.70 bits per heavy atom. The van der Waals surface area contributed by atoms with Crippen molar-refractivity contribution >= 4 is 11.6 Å². The van der Waals surface area contributed by atoms with Gasteiger partial charge >= 0.3 is 0 Å². The SMILES string of the molecule is CCCCCCOc1ccc(NC(=O)c2ccc(F)cc2)cc1. The van der Waals surface area contributed by atoms with Crippen molar-refractivity contribution in [2.45, 2.75) is 32.6 Å². The van der Waals surface area contributed by atoms with Crippen LogP contribution in [-0.2, 0) is 0 Å². The normalized spacial score (nSPS) is 10.3. The van der Waals surface area contributed by atoms with Crippen molar-refractivity contribution in [3.8, 4) is 5.75 Å². The molecule has 0 saturated carbocycles. The lowest BCUT2D eigenvalue weighted by Gasteiger charge is -2.08. The first kappa shape index (κ1) is 17.0. The molecular formula is C19H22FNO2. The number of rotatable bonds is 8. The number of unbranched alkanes of at least 4 members (excludes halogenated alkanes) is 3. The van der Waals surface area contributed by atoms with Gasteiger partial charge in [-0.05, 0) is 55.0 Å². The molecule has 0 aliphatic carbocycles. The third-order valence-corrected chi connectivity index (χ3v) is 3.49. The highest BCUT2D eigenvalue weighted by Gasteiger charge is 2.06. The molecule has 0 aromatic heterocycles. The number of hydrogen-bond donors (Lipinski definition) is 1. The molecule has 0 atom stereocenters. The number of nitrogens with one attached hydrogen (secondary N) is 1. The number of halogens is 1. The highest BCUT2D eigenvalue weighted by Crippen LogP contribution is 2.17. The van der Waals surface area contributed by atoms with Gasteiger partial charge in [0.25, 0.3) is 5.91 Å². The van der Waals surface area contributed by atoms with Crippen LogP contribution in [0.2, 0.25) is 0 Å². The van der Waals surface area contributed by atoms with Crippen LogP contribution >= 0.6 is 0 Å². The molecule has 2 aromatic rings. The van der Waals surface area contributed by atoms with Gasteiger partial charge in [-0.2, -0.15) is 0 Å². The fraction of sp³-hybridized carbons (Fsp3) is 0.316. The molecule has 0 fully saturated rings. The van der Waals surface area contributed by atoms with Crippen molar-refractivity contribution in [2.75, 3.05) is 11.9 Å². The van der Waals surface area contributed by atoms with E-state index in [4.69, 9.17) is 4.74 Å². The Morgan fingerprint density at radius 1 is 1.00 bits per heavy atom. The number of anilines is 1. The van der Waals surface area contributed by atoms with E-state index in [-0.39, 0.29) is 11.7 Å². The predicted molar refractivity (Wildman–Crippen MR) is 90.4 cm³/mol. The van der Waals surface area contributed by atoms with Crippen LogP contribution in [-0.4, -0.2) is 12.5 Å². The molecule has 0 unspecified atom stereocenters. The van der Waals surface area contributed by atoms with Crippen molar-refractivity contribution in [2.24, 2.45) is 0 Å². The van der Waals surface area contributed by atoms with Crippen LogP contribution in [0, 0.1) is 5.82 Å². The monoisotopic (exact) mass is 315 g/mol. The summed E-state index contributed by atoms with van der Waals surface area (Å²) in [6.07, 6.45) is 4.68. The van der Waals surface area contributed by atoms with Gasteiger partial charge in [0.05, 0.1) is 6.61 Å². The average molecular weight is 315 g/mol. The minimum atomic E-state index is -0.359. The van der Waals surface area contributed by atoms with Crippen LogP contribution in [0.3, 0.4) is 0 Å². The quantitative estimate of drug-likeness (QED) is 0.693. The molecule has 23 heavy (non-hydrogen) atoms. The molecule has 0 aliphatic heterocycles. The summed E-state index contributed by atoms with van der Waals surface area (Å²) in [5.41, 5.74) is 1.10. The zero-order valence-electron chi connectivity index (χ0n) is 13.3. The van der Waals surface area contributed by atoms with E-state index in [1.165, 1.54) is 43.5 Å². The molecule has 0 radical (unpaired) electrons. The van der Waals surface area contributed by atoms with Crippen molar-refractivity contribution in [1.29, 1.82) is 0 Å². The van der Waals surface area contributed by atoms with Crippen LogP contribution in [0.4, 0.5) is 10.1 Å². The van der Waals surface area contributed by atoms with Crippen LogP contribution in [0.5, 0.6) is 5.75 Å². The fourth-order valence-corrected chi connectivity index (χ4v) is 2.16. The van der Waals surface area contributed by atoms with Crippen LogP contribution in [0.1, 0.15) is 43.0 Å². The average Bonchev–Trinajstić information content (AvgIpc) is 2.57. The zero-order chi connectivity index (χ0) is 16.5. The molecule has 0 bridgehead atoms. The van der Waals surface area contributed by atoms with Gasteiger partial charge < -0.3 is 10.1 Å². The molecule has 1 N–H and O–H groups in total. The van der Waals surface area contributed by atoms with E-state index in [0.717, 1.165) is 12.2 Å². The Labute approximate surface area is 136 Å². The number of benzene rings is 2. The number of hydrogen-bond acceptors (Lipinski definition) is 2. The molecule has 1 amide bonds. The van der Waals surface area contributed by atoms with Crippen LogP contribution in [0.15, 0.2) is 48.5 Å². The minimum Gasteiger partial charge on any atom is -0.494 e. The molecular weight excluding hydrogens is 293 g/mol. The third-order valence-electron chi connectivity index (χ3n) is 3.49. The van der Waals surface area contributed by atoms with E-state index < -0.39 is 0 Å². The van der Waals surface area contributed by atoms with E-state index in [9.17, 15) is 9.18 Å². The van der Waals surface area contributed by atoms with Crippen molar-refractivity contribution in [1.82, 2.24) is 0 Å². The molecule has 0 spiro atoms.